The lowest BCUT2D eigenvalue weighted by atomic mass is 9.86. The molecule has 2 fully saturated rings. The Morgan fingerprint density at radius 3 is 2.86 bits per heavy atom. The van der Waals surface area contributed by atoms with Crippen molar-refractivity contribution in [2.75, 3.05) is 33.2 Å². The summed E-state index contributed by atoms with van der Waals surface area (Å²) in [7, 11) is 2.22. The van der Waals surface area contributed by atoms with Gasteiger partial charge in [-0.1, -0.05) is 36.4 Å². The van der Waals surface area contributed by atoms with Crippen LogP contribution >= 0.6 is 0 Å². The number of nitrogens with one attached hydrogen (secondary N) is 1. The third kappa shape index (κ3) is 2.99. The summed E-state index contributed by atoms with van der Waals surface area (Å²) in [5.74, 6) is 0.189. The van der Waals surface area contributed by atoms with E-state index in [1.807, 2.05) is 12.1 Å². The van der Waals surface area contributed by atoms with E-state index in [1.54, 1.807) is 0 Å². The Morgan fingerprint density at radius 2 is 1.93 bits per heavy atom. The van der Waals surface area contributed by atoms with Crippen LogP contribution in [0.25, 0.3) is 21.9 Å². The van der Waals surface area contributed by atoms with Crippen molar-refractivity contribution in [3.05, 3.63) is 48.0 Å². The zero-order chi connectivity index (χ0) is 19.1. The van der Waals surface area contributed by atoms with Crippen molar-refractivity contribution in [2.45, 2.75) is 31.3 Å². The molecule has 1 aromatic heterocycles. The number of carbonyl (C=O) groups is 1. The minimum absolute atomic E-state index is 0.0825. The number of likely N-dealkylation sites (N-methyl/N-ethyl adjacent to an activating group) is 1. The number of hydrogen-bond donors (Lipinski definition) is 1. The highest BCUT2D eigenvalue weighted by molar-refractivity contribution is 6.05. The number of para-hydroxylation sites is 2. The number of amides is 1. The van der Waals surface area contributed by atoms with Crippen molar-refractivity contribution < 1.29 is 9.21 Å². The molecule has 2 aliphatic rings. The molecule has 5 heteroatoms. The van der Waals surface area contributed by atoms with Crippen LogP contribution in [0.3, 0.4) is 0 Å². The fraction of sp³-hybridized carbons (Fsp3) is 0.435. The number of furan rings is 1. The number of piperazine rings is 1. The van der Waals surface area contributed by atoms with Crippen LogP contribution in [0.5, 0.6) is 0 Å². The van der Waals surface area contributed by atoms with Crippen molar-refractivity contribution in [1.82, 2.24) is 15.1 Å². The highest BCUT2D eigenvalue weighted by Crippen LogP contribution is 2.34. The van der Waals surface area contributed by atoms with Gasteiger partial charge in [0, 0.05) is 61.0 Å². The summed E-state index contributed by atoms with van der Waals surface area (Å²) in [6, 6.07) is 14.7. The van der Waals surface area contributed by atoms with Gasteiger partial charge in [-0.25, -0.2) is 0 Å². The zero-order valence-electron chi connectivity index (χ0n) is 16.4. The van der Waals surface area contributed by atoms with Crippen LogP contribution in [-0.2, 0) is 11.3 Å². The molecule has 2 saturated heterocycles. The minimum atomic E-state index is 0.0825. The molecule has 0 saturated carbocycles. The minimum Gasteiger partial charge on any atom is -0.456 e. The van der Waals surface area contributed by atoms with Crippen LogP contribution in [0, 0.1) is 0 Å². The van der Waals surface area contributed by atoms with Crippen molar-refractivity contribution in [2.24, 2.45) is 0 Å². The van der Waals surface area contributed by atoms with Crippen LogP contribution < -0.4 is 5.32 Å². The third-order valence-corrected chi connectivity index (χ3v) is 6.69. The highest BCUT2D eigenvalue weighted by atomic mass is 16.3. The molecule has 2 aliphatic heterocycles. The first kappa shape index (κ1) is 17.7. The van der Waals surface area contributed by atoms with E-state index in [0.29, 0.717) is 6.42 Å². The van der Waals surface area contributed by atoms with Crippen molar-refractivity contribution in [3.8, 4) is 0 Å². The monoisotopic (exact) mass is 377 g/mol. The van der Waals surface area contributed by atoms with Crippen LogP contribution in [0.2, 0.25) is 0 Å². The normalized spacial score (nSPS) is 24.7. The zero-order valence-corrected chi connectivity index (χ0v) is 16.4. The standard InChI is InChI=1S/C23H27N3O2/c1-25-13-14-26(16-23(25)10-9-21(27)24-12-11-23)15-17-5-4-7-19-18-6-2-3-8-20(18)28-22(17)19/h2-8H,9-16H2,1H3,(H,24,27)/t23-/m0/s1. The van der Waals surface area contributed by atoms with Crippen LogP contribution in [0.1, 0.15) is 24.8 Å². The van der Waals surface area contributed by atoms with Gasteiger partial charge in [0.15, 0.2) is 0 Å². The quantitative estimate of drug-likeness (QED) is 0.744. The van der Waals surface area contributed by atoms with Gasteiger partial charge in [-0.2, -0.15) is 0 Å². The molecular weight excluding hydrogens is 350 g/mol. The summed E-state index contributed by atoms with van der Waals surface area (Å²) in [5, 5.41) is 5.42. The maximum absolute atomic E-state index is 11.9. The van der Waals surface area contributed by atoms with Crippen molar-refractivity contribution in [1.29, 1.82) is 0 Å². The average Bonchev–Trinajstić information content (AvgIpc) is 2.99. The molecule has 5 nitrogen and oxygen atoms in total. The molecule has 1 atom stereocenters. The Hall–Kier alpha value is -2.37. The Labute approximate surface area is 165 Å². The van der Waals surface area contributed by atoms with Crippen LogP contribution in [0.4, 0.5) is 0 Å². The molecule has 3 heterocycles. The molecule has 28 heavy (non-hydrogen) atoms. The van der Waals surface area contributed by atoms with Gasteiger partial charge in [-0.05, 0) is 26.0 Å². The van der Waals surface area contributed by atoms with Crippen molar-refractivity contribution in [3.63, 3.8) is 0 Å². The fourth-order valence-electron chi connectivity index (χ4n) is 4.98. The number of nitrogens with zero attached hydrogens (tertiary/aromatic N) is 2. The van der Waals surface area contributed by atoms with Gasteiger partial charge in [0.1, 0.15) is 11.2 Å². The highest BCUT2D eigenvalue weighted by Gasteiger charge is 2.40. The van der Waals surface area contributed by atoms with E-state index in [1.165, 1.54) is 16.3 Å². The molecule has 0 bridgehead atoms. The summed E-state index contributed by atoms with van der Waals surface area (Å²) in [4.78, 5) is 16.9. The molecular formula is C23H27N3O2. The number of fused-ring (bicyclic) bond motifs is 3. The molecule has 0 aliphatic carbocycles. The molecule has 3 aromatic rings. The van der Waals surface area contributed by atoms with Crippen LogP contribution in [-0.4, -0.2) is 54.5 Å². The molecule has 1 N–H and O–H groups in total. The Balaban J connectivity index is 1.44. The van der Waals surface area contributed by atoms with E-state index in [9.17, 15) is 4.79 Å². The first-order chi connectivity index (χ1) is 13.6. The van der Waals surface area contributed by atoms with E-state index >= 15 is 0 Å². The van der Waals surface area contributed by atoms with E-state index in [2.05, 4.69) is 52.5 Å². The Kier molecular flexibility index (Phi) is 4.37. The number of rotatable bonds is 2. The average molecular weight is 377 g/mol. The SMILES string of the molecule is CN1CCN(Cc2cccc3c2oc2ccccc23)C[C@]12CCNC(=O)CC2. The molecule has 146 valence electrons. The number of hydrogen-bond acceptors (Lipinski definition) is 4. The van der Waals surface area contributed by atoms with Gasteiger partial charge in [0.25, 0.3) is 0 Å². The number of benzene rings is 2. The van der Waals surface area contributed by atoms with Gasteiger partial charge in [0.2, 0.25) is 5.91 Å². The summed E-state index contributed by atoms with van der Waals surface area (Å²) in [6.45, 7) is 4.72. The van der Waals surface area contributed by atoms with Gasteiger partial charge in [-0.3, -0.25) is 14.6 Å². The van der Waals surface area contributed by atoms with E-state index in [0.717, 1.165) is 56.7 Å². The first-order valence-corrected chi connectivity index (χ1v) is 10.2. The molecule has 1 spiro atoms. The van der Waals surface area contributed by atoms with Crippen molar-refractivity contribution >= 4 is 27.8 Å². The summed E-state index contributed by atoms with van der Waals surface area (Å²) in [5.41, 5.74) is 3.29. The molecule has 0 radical (unpaired) electrons. The van der Waals surface area contributed by atoms with Gasteiger partial charge in [-0.15, -0.1) is 0 Å². The first-order valence-electron chi connectivity index (χ1n) is 10.2. The molecule has 2 aromatic carbocycles. The summed E-state index contributed by atoms with van der Waals surface area (Å²) in [6.07, 6.45) is 2.57. The Bertz CT molecular complexity index is 1030. The largest absolute Gasteiger partial charge is 0.456 e. The maximum Gasteiger partial charge on any atom is 0.220 e. The van der Waals surface area contributed by atoms with Gasteiger partial charge >= 0.3 is 0 Å². The predicted molar refractivity (Wildman–Crippen MR) is 111 cm³/mol. The van der Waals surface area contributed by atoms with Gasteiger partial charge < -0.3 is 9.73 Å². The summed E-state index contributed by atoms with van der Waals surface area (Å²) < 4.78 is 6.23. The smallest absolute Gasteiger partial charge is 0.220 e. The Morgan fingerprint density at radius 1 is 1.07 bits per heavy atom. The van der Waals surface area contributed by atoms with E-state index in [4.69, 9.17) is 4.42 Å². The molecule has 1 amide bonds. The predicted octanol–water partition coefficient (Wildman–Crippen LogP) is 3.37. The molecule has 5 rings (SSSR count). The lowest BCUT2D eigenvalue weighted by Gasteiger charge is -2.49. The van der Waals surface area contributed by atoms with E-state index in [-0.39, 0.29) is 11.4 Å². The second kappa shape index (κ2) is 6.90. The second-order valence-corrected chi connectivity index (χ2v) is 8.35. The third-order valence-electron chi connectivity index (χ3n) is 6.69. The maximum atomic E-state index is 11.9. The lowest BCUT2D eigenvalue weighted by Crippen LogP contribution is -2.60. The fourth-order valence-corrected chi connectivity index (χ4v) is 4.98. The van der Waals surface area contributed by atoms with Gasteiger partial charge in [0.05, 0.1) is 0 Å². The number of carbonyl (C=O) groups excluding carboxylic acids is 1. The lowest BCUT2D eigenvalue weighted by molar-refractivity contribution is -0.121. The summed E-state index contributed by atoms with van der Waals surface area (Å²) >= 11 is 0. The second-order valence-electron chi connectivity index (χ2n) is 8.35. The molecule has 0 unspecified atom stereocenters. The van der Waals surface area contributed by atoms with E-state index < -0.39 is 0 Å². The topological polar surface area (TPSA) is 48.7 Å². The van der Waals surface area contributed by atoms with Crippen LogP contribution in [0.15, 0.2) is 46.9 Å².